The first-order valence-corrected chi connectivity index (χ1v) is 50.8. The first kappa shape index (κ1) is 84.1. The topological polar surface area (TPSA) is 58.4 Å². The molecule has 0 aliphatic heterocycles. The van der Waals surface area contributed by atoms with Crippen LogP contribution in [-0.2, 0) is 5.41 Å². The SMILES string of the molecule is c1ccc(-c2ccc(N(c3ccc(-c4ccccc4)cc3)c3ccc4c(c3)c3cc5ccccc5cc3c3nc5ccccc5n43)cc2)cc1.c1ccc(N(c2ccc(-c3ccc4c(c3)c3cc5ccccc5cc3c3nc5ccccc5n43)cc2)c2cccc3ccccc23)cc1.c1ccc2c(c1)-c1ccccc1C21c2ccccc2-c2ccc(-c3ccc4c(c3)c3cc5ccccc5cc3c3nc5ccccc5n43)cc21. The zero-order valence-electron chi connectivity index (χ0n) is 80.4. The number of hydrogen-bond donors (Lipinski definition) is 0. The Morgan fingerprint density at radius 2 is 0.446 bits per heavy atom. The van der Waals surface area contributed by atoms with Crippen molar-refractivity contribution in [1.29, 1.82) is 0 Å². The van der Waals surface area contributed by atoms with Crippen LogP contribution >= 0.6 is 0 Å². The van der Waals surface area contributed by atoms with E-state index in [4.69, 9.17) is 15.0 Å². The lowest BCUT2D eigenvalue weighted by atomic mass is 9.70. The monoisotopic (exact) mass is 1880 g/mol. The van der Waals surface area contributed by atoms with Gasteiger partial charge in [-0.25, -0.2) is 15.0 Å². The second-order valence-corrected chi connectivity index (χ2v) is 39.2. The highest BCUT2D eigenvalue weighted by molar-refractivity contribution is 6.22. The number of nitrogens with zero attached hydrogens (tertiary/aromatic N) is 8. The molecule has 688 valence electrons. The molecule has 1 spiro atoms. The molecule has 0 fully saturated rings. The van der Waals surface area contributed by atoms with E-state index in [1.807, 2.05) is 0 Å². The second kappa shape index (κ2) is 33.8. The molecule has 24 aromatic carbocycles. The van der Waals surface area contributed by atoms with Crippen molar-refractivity contribution in [3.05, 3.63) is 556 Å². The molecule has 8 heteroatoms. The van der Waals surface area contributed by atoms with Crippen LogP contribution in [0.15, 0.2) is 534 Å². The Morgan fingerprint density at radius 1 is 0.155 bits per heavy atom. The molecule has 0 saturated heterocycles. The summed E-state index contributed by atoms with van der Waals surface area (Å²) >= 11 is 0. The van der Waals surface area contributed by atoms with Gasteiger partial charge in [0.15, 0.2) is 0 Å². The Morgan fingerprint density at radius 3 is 0.885 bits per heavy atom. The number of fused-ring (bicyclic) bond motifs is 38. The lowest BCUT2D eigenvalue weighted by Crippen LogP contribution is -2.25. The van der Waals surface area contributed by atoms with Gasteiger partial charge in [-0.1, -0.05) is 358 Å². The molecule has 0 radical (unpaired) electrons. The van der Waals surface area contributed by atoms with Gasteiger partial charge in [-0.2, -0.15) is 0 Å². The number of rotatable bonds is 10. The molecule has 6 heterocycles. The maximum absolute atomic E-state index is 5.18. The molecule has 2 aliphatic rings. The van der Waals surface area contributed by atoms with Crippen molar-refractivity contribution < 1.29 is 0 Å². The van der Waals surface area contributed by atoms with Crippen molar-refractivity contribution >= 4 is 192 Å². The Labute approximate surface area is 852 Å². The number of benzene rings is 24. The van der Waals surface area contributed by atoms with Crippen molar-refractivity contribution in [2.24, 2.45) is 0 Å². The zero-order chi connectivity index (χ0) is 97.2. The molecule has 0 N–H and O–H groups in total. The molecular formula is C140H88N8. The summed E-state index contributed by atoms with van der Waals surface area (Å²) in [7, 11) is 0. The van der Waals surface area contributed by atoms with Crippen LogP contribution < -0.4 is 9.80 Å². The van der Waals surface area contributed by atoms with Gasteiger partial charge in [0.2, 0.25) is 0 Å². The van der Waals surface area contributed by atoms with Crippen LogP contribution in [0.4, 0.5) is 34.1 Å². The highest BCUT2D eigenvalue weighted by atomic mass is 15.2. The molecule has 30 aromatic rings. The van der Waals surface area contributed by atoms with Crippen LogP contribution in [0.3, 0.4) is 0 Å². The van der Waals surface area contributed by atoms with Crippen LogP contribution in [0.1, 0.15) is 22.3 Å². The van der Waals surface area contributed by atoms with Crippen LogP contribution in [0, 0.1) is 0 Å². The first-order chi connectivity index (χ1) is 73.4. The third-order valence-electron chi connectivity index (χ3n) is 31.2. The number of anilines is 6. The molecule has 0 bridgehead atoms. The normalized spacial score (nSPS) is 12.4. The molecule has 6 aromatic heterocycles. The third-order valence-corrected chi connectivity index (χ3v) is 31.2. The smallest absolute Gasteiger partial charge is 0.146 e. The highest BCUT2D eigenvalue weighted by Crippen LogP contribution is 2.64. The van der Waals surface area contributed by atoms with Gasteiger partial charge in [0.25, 0.3) is 0 Å². The molecule has 0 atom stereocenters. The predicted octanol–water partition coefficient (Wildman–Crippen LogP) is 36.9. The van der Waals surface area contributed by atoms with Crippen molar-refractivity contribution in [2.45, 2.75) is 5.41 Å². The van der Waals surface area contributed by atoms with Crippen molar-refractivity contribution in [2.75, 3.05) is 9.80 Å². The lowest BCUT2D eigenvalue weighted by molar-refractivity contribution is 0.794. The van der Waals surface area contributed by atoms with E-state index >= 15 is 0 Å². The first-order valence-electron chi connectivity index (χ1n) is 50.8. The van der Waals surface area contributed by atoms with E-state index in [9.17, 15) is 0 Å². The van der Waals surface area contributed by atoms with Gasteiger partial charge in [-0.15, -0.1) is 0 Å². The van der Waals surface area contributed by atoms with Gasteiger partial charge in [0.1, 0.15) is 16.9 Å². The van der Waals surface area contributed by atoms with E-state index in [1.54, 1.807) is 0 Å². The Balaban J connectivity index is 0.000000102. The van der Waals surface area contributed by atoms with Gasteiger partial charge in [0, 0.05) is 66.1 Å². The van der Waals surface area contributed by atoms with E-state index in [-0.39, 0.29) is 5.41 Å². The van der Waals surface area contributed by atoms with E-state index in [0.717, 1.165) is 101 Å². The Hall–Kier alpha value is -19.7. The minimum Gasteiger partial charge on any atom is -0.310 e. The Kier molecular flexibility index (Phi) is 19.2. The molecule has 32 rings (SSSR count). The molecule has 2 aliphatic carbocycles. The van der Waals surface area contributed by atoms with Gasteiger partial charge >= 0.3 is 0 Å². The molecule has 148 heavy (non-hydrogen) atoms. The molecule has 0 amide bonds. The van der Waals surface area contributed by atoms with Gasteiger partial charge in [-0.3, -0.25) is 13.2 Å². The number of hydrogen-bond acceptors (Lipinski definition) is 5. The minimum absolute atomic E-state index is 0.362. The Bertz CT molecular complexity index is 10600. The van der Waals surface area contributed by atoms with Gasteiger partial charge in [0.05, 0.1) is 60.8 Å². The maximum atomic E-state index is 5.18. The fourth-order valence-corrected chi connectivity index (χ4v) is 24.4. The molecule has 0 unspecified atom stereocenters. The fraction of sp³-hybridized carbons (Fsp3) is 0.00714. The standard InChI is InChI=1S/C48H28N2.C47H31N3.C45H29N3/c1-2-12-30-27-39-37(25-29(30)11-1)38-26-31(22-24-45(38)50-46-20-10-9-19-44(46)49-47(39)50)32-21-23-36-35-15-5-8-18-42(35)48(43(36)28-32)40-16-6-3-13-33(40)34-14-4-7-17-41(34)48;1-3-11-32(12-4-1)34-19-23-38(24-20-34)49(39-25-21-35(22-26-39)33-13-5-2-6-14-33)40-27-28-45-42(31-40)41-29-36-15-7-8-16-37(36)30-43(41)47-48-44-17-9-10-18-46(44)50(45)47;1-2-15-35(16-3-1)47(42-20-10-14-31-11-6-7-17-37(31)42)36-24-21-30(22-25-36)34-23-26-43-39(28-34)38-27-32-12-4-5-13-33(32)29-40(38)45-46-41-18-8-9-19-44(41)48(43)45/h1-28H;1-31H;1-29H. The van der Waals surface area contributed by atoms with E-state index in [2.05, 4.69) is 557 Å². The number of imidazole rings is 3. The average molecular weight is 1880 g/mol. The van der Waals surface area contributed by atoms with Gasteiger partial charge < -0.3 is 9.80 Å². The van der Waals surface area contributed by atoms with Crippen molar-refractivity contribution in [3.8, 4) is 66.8 Å². The van der Waals surface area contributed by atoms with Crippen molar-refractivity contribution in [1.82, 2.24) is 28.2 Å². The summed E-state index contributed by atoms with van der Waals surface area (Å²) in [5.41, 5.74) is 39.5. The average Bonchev–Trinajstić information content (AvgIpc) is 1.50. The largest absolute Gasteiger partial charge is 0.310 e. The summed E-state index contributed by atoms with van der Waals surface area (Å²) in [4.78, 5) is 20.2. The number of aromatic nitrogens is 6. The summed E-state index contributed by atoms with van der Waals surface area (Å²) in [5.74, 6) is 0. The summed E-state index contributed by atoms with van der Waals surface area (Å²) in [5, 5.41) is 20.6. The number of para-hydroxylation sites is 7. The van der Waals surface area contributed by atoms with E-state index in [0.29, 0.717) is 0 Å². The lowest BCUT2D eigenvalue weighted by Gasteiger charge is -2.30. The van der Waals surface area contributed by atoms with Crippen LogP contribution in [0.2, 0.25) is 0 Å². The summed E-state index contributed by atoms with van der Waals surface area (Å²) in [6.45, 7) is 0. The predicted molar refractivity (Wildman–Crippen MR) is 621 cm³/mol. The minimum atomic E-state index is -0.362. The summed E-state index contributed by atoms with van der Waals surface area (Å²) in [6, 6.07) is 194. The molecule has 0 saturated carbocycles. The zero-order valence-corrected chi connectivity index (χ0v) is 80.4. The van der Waals surface area contributed by atoms with Crippen LogP contribution in [0.5, 0.6) is 0 Å². The van der Waals surface area contributed by atoms with Gasteiger partial charge in [-0.05, 0) is 319 Å². The van der Waals surface area contributed by atoms with E-state index in [1.165, 1.54) is 181 Å². The molecular weight excluding hydrogens is 1790 g/mol. The van der Waals surface area contributed by atoms with Crippen molar-refractivity contribution in [3.63, 3.8) is 0 Å². The quantitative estimate of drug-likeness (QED) is 0.101. The van der Waals surface area contributed by atoms with E-state index < -0.39 is 0 Å². The summed E-state index contributed by atoms with van der Waals surface area (Å²) < 4.78 is 7.02. The third kappa shape index (κ3) is 13.3. The fourth-order valence-electron chi connectivity index (χ4n) is 24.4. The summed E-state index contributed by atoms with van der Waals surface area (Å²) in [6.07, 6.45) is 0. The second-order valence-electron chi connectivity index (χ2n) is 39.2. The van der Waals surface area contributed by atoms with Crippen LogP contribution in [-0.4, -0.2) is 28.2 Å². The maximum Gasteiger partial charge on any atom is 0.146 e. The molecule has 8 nitrogen and oxygen atoms in total. The van der Waals surface area contributed by atoms with Crippen LogP contribution in [0.25, 0.3) is 225 Å². The number of pyridine rings is 3. The highest BCUT2D eigenvalue weighted by Gasteiger charge is 2.52.